The van der Waals surface area contributed by atoms with Crippen molar-refractivity contribution in [1.82, 2.24) is 15.0 Å². The normalized spacial score (nSPS) is 14.9. The number of anilines is 2. The fourth-order valence-electron chi connectivity index (χ4n) is 2.97. The van der Waals surface area contributed by atoms with Gasteiger partial charge in [0.15, 0.2) is 0 Å². The fraction of sp³-hybridized carbons (Fsp3) is 0.500. The van der Waals surface area contributed by atoms with Gasteiger partial charge in [-0.1, -0.05) is 11.6 Å². The number of ether oxygens (including phenoxy) is 2. The van der Waals surface area contributed by atoms with Crippen molar-refractivity contribution in [2.45, 2.75) is 25.9 Å². The van der Waals surface area contributed by atoms with Crippen LogP contribution in [0, 0.1) is 6.92 Å². The van der Waals surface area contributed by atoms with Gasteiger partial charge in [-0.3, -0.25) is 0 Å². The average molecular weight is 394 g/mol. The summed E-state index contributed by atoms with van der Waals surface area (Å²) >= 11 is 6.26. The van der Waals surface area contributed by atoms with E-state index in [0.717, 1.165) is 43.1 Å². The lowest BCUT2D eigenvalue weighted by atomic mass is 10.1. The highest BCUT2D eigenvalue weighted by molar-refractivity contribution is 6.30. The summed E-state index contributed by atoms with van der Waals surface area (Å²) in [6, 6.07) is 3.66. The van der Waals surface area contributed by atoms with Gasteiger partial charge >= 0.3 is 0 Å². The van der Waals surface area contributed by atoms with Gasteiger partial charge in [0.1, 0.15) is 22.8 Å². The Morgan fingerprint density at radius 2 is 2.07 bits per heavy atom. The molecule has 0 bridgehead atoms. The Hall–Kier alpha value is -2.32. The van der Waals surface area contributed by atoms with Crippen LogP contribution >= 0.6 is 11.6 Å². The van der Waals surface area contributed by atoms with Crippen molar-refractivity contribution in [1.29, 1.82) is 0 Å². The molecule has 0 radical (unpaired) electrons. The SMILES string of the molecule is COc1ccc(OC2CCN(c3nc(NCCO)nc(Cl)c3C)CC2)cn1. The predicted octanol–water partition coefficient (Wildman–Crippen LogP) is 2.29. The van der Waals surface area contributed by atoms with Crippen LogP contribution in [-0.2, 0) is 0 Å². The molecule has 0 aliphatic carbocycles. The first-order valence-electron chi connectivity index (χ1n) is 8.91. The summed E-state index contributed by atoms with van der Waals surface area (Å²) in [4.78, 5) is 15.1. The Balaban J connectivity index is 1.62. The second kappa shape index (κ2) is 9.05. The molecule has 0 saturated carbocycles. The molecule has 3 heterocycles. The van der Waals surface area contributed by atoms with E-state index in [-0.39, 0.29) is 12.7 Å². The number of piperidine rings is 1. The standard InChI is InChI=1S/C18H24ClN5O3/c1-12-16(19)22-18(20-7-10-25)23-17(12)24-8-5-13(6-9-24)27-14-3-4-15(26-2)21-11-14/h3-4,11,13,25H,5-10H2,1-2H3,(H,20,22,23). The summed E-state index contributed by atoms with van der Waals surface area (Å²) in [6.45, 7) is 3.92. The topological polar surface area (TPSA) is 92.6 Å². The number of hydrogen-bond acceptors (Lipinski definition) is 8. The van der Waals surface area contributed by atoms with Gasteiger partial charge in [0.25, 0.3) is 0 Å². The minimum absolute atomic E-state index is 0.00708. The van der Waals surface area contributed by atoms with Crippen molar-refractivity contribution in [3.05, 3.63) is 29.0 Å². The molecule has 3 rings (SSSR count). The maximum Gasteiger partial charge on any atom is 0.226 e. The predicted molar refractivity (Wildman–Crippen MR) is 104 cm³/mol. The molecule has 2 aromatic heterocycles. The number of nitrogens with one attached hydrogen (secondary N) is 1. The smallest absolute Gasteiger partial charge is 0.226 e. The zero-order valence-corrected chi connectivity index (χ0v) is 16.2. The molecule has 1 fully saturated rings. The molecule has 1 aliphatic heterocycles. The molecule has 1 aliphatic rings. The molecular formula is C18H24ClN5O3. The van der Waals surface area contributed by atoms with Gasteiger partial charge in [-0.15, -0.1) is 0 Å². The third-order valence-electron chi connectivity index (χ3n) is 4.42. The summed E-state index contributed by atoms with van der Waals surface area (Å²) < 4.78 is 11.1. The molecule has 0 spiro atoms. The van der Waals surface area contributed by atoms with Crippen LogP contribution in [0.2, 0.25) is 5.15 Å². The molecule has 0 aromatic carbocycles. The van der Waals surface area contributed by atoms with Gasteiger partial charge in [0.2, 0.25) is 11.8 Å². The highest BCUT2D eigenvalue weighted by Crippen LogP contribution is 2.28. The first kappa shape index (κ1) is 19.4. The number of aliphatic hydroxyl groups excluding tert-OH is 1. The Morgan fingerprint density at radius 3 is 2.70 bits per heavy atom. The van der Waals surface area contributed by atoms with E-state index in [2.05, 4.69) is 25.2 Å². The van der Waals surface area contributed by atoms with E-state index in [1.54, 1.807) is 19.4 Å². The Kier molecular flexibility index (Phi) is 6.52. The van der Waals surface area contributed by atoms with E-state index in [4.69, 9.17) is 26.2 Å². The highest BCUT2D eigenvalue weighted by atomic mass is 35.5. The average Bonchev–Trinajstić information content (AvgIpc) is 2.70. The second-order valence-electron chi connectivity index (χ2n) is 6.28. The van der Waals surface area contributed by atoms with Crippen LogP contribution in [0.25, 0.3) is 0 Å². The fourth-order valence-corrected chi connectivity index (χ4v) is 3.13. The molecule has 146 valence electrons. The summed E-state index contributed by atoms with van der Waals surface area (Å²) in [5, 5.41) is 12.3. The summed E-state index contributed by atoms with van der Waals surface area (Å²) in [6.07, 6.45) is 3.54. The molecule has 0 amide bonds. The van der Waals surface area contributed by atoms with Gasteiger partial charge in [-0.25, -0.2) is 9.97 Å². The van der Waals surface area contributed by atoms with E-state index >= 15 is 0 Å². The van der Waals surface area contributed by atoms with Gasteiger partial charge in [-0.2, -0.15) is 4.98 Å². The summed E-state index contributed by atoms with van der Waals surface area (Å²) in [7, 11) is 1.59. The first-order valence-corrected chi connectivity index (χ1v) is 9.29. The third-order valence-corrected chi connectivity index (χ3v) is 4.79. The molecule has 0 atom stereocenters. The van der Waals surface area contributed by atoms with Crippen LogP contribution in [0.1, 0.15) is 18.4 Å². The van der Waals surface area contributed by atoms with Crippen molar-refractivity contribution in [2.75, 3.05) is 43.6 Å². The van der Waals surface area contributed by atoms with Crippen LogP contribution in [0.4, 0.5) is 11.8 Å². The van der Waals surface area contributed by atoms with Crippen molar-refractivity contribution in [2.24, 2.45) is 0 Å². The maximum absolute atomic E-state index is 8.96. The molecule has 2 aromatic rings. The Morgan fingerprint density at radius 1 is 1.30 bits per heavy atom. The maximum atomic E-state index is 8.96. The van der Waals surface area contributed by atoms with Crippen molar-refractivity contribution < 1.29 is 14.6 Å². The first-order chi connectivity index (χ1) is 13.1. The molecule has 2 N–H and O–H groups in total. The van der Waals surface area contributed by atoms with Gasteiger partial charge < -0.3 is 24.8 Å². The van der Waals surface area contributed by atoms with E-state index in [1.807, 2.05) is 13.0 Å². The Labute approximate surface area is 163 Å². The number of aliphatic hydroxyl groups is 1. The van der Waals surface area contributed by atoms with Gasteiger partial charge in [0, 0.05) is 44.1 Å². The van der Waals surface area contributed by atoms with Crippen LogP contribution in [0.3, 0.4) is 0 Å². The number of methoxy groups -OCH3 is 1. The third kappa shape index (κ3) is 4.90. The molecular weight excluding hydrogens is 370 g/mol. The lowest BCUT2D eigenvalue weighted by Crippen LogP contribution is -2.39. The summed E-state index contributed by atoms with van der Waals surface area (Å²) in [5.41, 5.74) is 0.852. The zero-order valence-electron chi connectivity index (χ0n) is 15.5. The highest BCUT2D eigenvalue weighted by Gasteiger charge is 2.24. The molecule has 27 heavy (non-hydrogen) atoms. The van der Waals surface area contributed by atoms with Crippen LogP contribution in [-0.4, -0.2) is 59.5 Å². The van der Waals surface area contributed by atoms with Gasteiger partial charge in [0.05, 0.1) is 19.9 Å². The van der Waals surface area contributed by atoms with Crippen LogP contribution in [0.5, 0.6) is 11.6 Å². The van der Waals surface area contributed by atoms with Crippen molar-refractivity contribution in [3.63, 3.8) is 0 Å². The van der Waals surface area contributed by atoms with Crippen molar-refractivity contribution in [3.8, 4) is 11.6 Å². The zero-order chi connectivity index (χ0) is 19.2. The quantitative estimate of drug-likeness (QED) is 0.692. The van der Waals surface area contributed by atoms with Gasteiger partial charge in [-0.05, 0) is 13.0 Å². The van der Waals surface area contributed by atoms with E-state index in [1.165, 1.54) is 0 Å². The minimum Gasteiger partial charge on any atom is -0.489 e. The second-order valence-corrected chi connectivity index (χ2v) is 6.64. The van der Waals surface area contributed by atoms with E-state index in [0.29, 0.717) is 23.5 Å². The number of nitrogens with zero attached hydrogens (tertiary/aromatic N) is 4. The van der Waals surface area contributed by atoms with E-state index < -0.39 is 0 Å². The van der Waals surface area contributed by atoms with Crippen LogP contribution in [0.15, 0.2) is 18.3 Å². The largest absolute Gasteiger partial charge is 0.489 e. The van der Waals surface area contributed by atoms with Crippen LogP contribution < -0.4 is 19.7 Å². The van der Waals surface area contributed by atoms with E-state index in [9.17, 15) is 0 Å². The minimum atomic E-state index is 0.00708. The number of rotatable bonds is 7. The number of pyridine rings is 1. The molecule has 8 nitrogen and oxygen atoms in total. The Bertz CT molecular complexity index is 751. The molecule has 0 unspecified atom stereocenters. The number of aromatic nitrogens is 3. The summed E-state index contributed by atoms with van der Waals surface area (Å²) in [5.74, 6) is 2.56. The molecule has 1 saturated heterocycles. The monoisotopic (exact) mass is 393 g/mol. The lowest BCUT2D eigenvalue weighted by Gasteiger charge is -2.33. The van der Waals surface area contributed by atoms with Crippen molar-refractivity contribution >= 4 is 23.4 Å². The molecule has 9 heteroatoms. The number of halogens is 1. The number of hydrogen-bond donors (Lipinski definition) is 2. The lowest BCUT2D eigenvalue weighted by molar-refractivity contribution is 0.170.